The third kappa shape index (κ3) is 3.86. The van der Waals surface area contributed by atoms with Crippen LogP contribution in [-0.4, -0.2) is 27.1 Å². The van der Waals surface area contributed by atoms with E-state index in [-0.39, 0.29) is 12.5 Å². The van der Waals surface area contributed by atoms with Gasteiger partial charge in [0.1, 0.15) is 5.75 Å². The smallest absolute Gasteiger partial charge is 0.262 e. The van der Waals surface area contributed by atoms with Gasteiger partial charge in [-0.15, -0.1) is 10.2 Å². The highest BCUT2D eigenvalue weighted by Crippen LogP contribution is 2.22. The van der Waals surface area contributed by atoms with E-state index in [9.17, 15) is 4.79 Å². The van der Waals surface area contributed by atoms with Crippen LogP contribution in [0.5, 0.6) is 5.75 Å². The molecule has 0 fully saturated rings. The van der Waals surface area contributed by atoms with Gasteiger partial charge in [-0.1, -0.05) is 37.3 Å². The Labute approximate surface area is 162 Å². The predicted molar refractivity (Wildman–Crippen MR) is 108 cm³/mol. The third-order valence-corrected chi connectivity index (χ3v) is 4.39. The SMILES string of the molecule is CCc1cccc(OCC(=O)Nc2cccc(-c3nnc4ccccn34)c2)c1. The molecule has 0 spiro atoms. The van der Waals surface area contributed by atoms with E-state index in [1.807, 2.05) is 77.3 Å². The van der Waals surface area contributed by atoms with Gasteiger partial charge in [0.05, 0.1) is 0 Å². The van der Waals surface area contributed by atoms with Crippen LogP contribution in [0.3, 0.4) is 0 Å². The van der Waals surface area contributed by atoms with Gasteiger partial charge < -0.3 is 10.1 Å². The first-order valence-electron chi connectivity index (χ1n) is 9.15. The van der Waals surface area contributed by atoms with Crippen LogP contribution in [0.15, 0.2) is 72.9 Å². The van der Waals surface area contributed by atoms with Gasteiger partial charge in [-0.2, -0.15) is 0 Å². The van der Waals surface area contributed by atoms with Gasteiger partial charge in [0.15, 0.2) is 18.1 Å². The van der Waals surface area contributed by atoms with Crippen LogP contribution in [0.1, 0.15) is 12.5 Å². The lowest BCUT2D eigenvalue weighted by atomic mass is 10.2. The van der Waals surface area contributed by atoms with Gasteiger partial charge in [-0.3, -0.25) is 9.20 Å². The number of nitrogens with zero attached hydrogens (tertiary/aromatic N) is 3. The molecule has 2 heterocycles. The second-order valence-corrected chi connectivity index (χ2v) is 6.37. The maximum absolute atomic E-state index is 12.3. The van der Waals surface area contributed by atoms with Gasteiger partial charge in [0.25, 0.3) is 5.91 Å². The number of aryl methyl sites for hydroxylation is 1. The molecule has 1 amide bonds. The molecule has 2 aromatic carbocycles. The van der Waals surface area contributed by atoms with Gasteiger partial charge in [-0.05, 0) is 48.4 Å². The Bertz CT molecular complexity index is 1120. The first-order valence-corrected chi connectivity index (χ1v) is 9.15. The minimum atomic E-state index is -0.217. The summed E-state index contributed by atoms with van der Waals surface area (Å²) < 4.78 is 7.51. The molecule has 4 rings (SSSR count). The van der Waals surface area contributed by atoms with Gasteiger partial charge >= 0.3 is 0 Å². The molecule has 0 atom stereocenters. The zero-order valence-electron chi connectivity index (χ0n) is 15.5. The van der Waals surface area contributed by atoms with E-state index in [0.29, 0.717) is 11.4 Å². The maximum atomic E-state index is 12.3. The highest BCUT2D eigenvalue weighted by molar-refractivity contribution is 5.92. The topological polar surface area (TPSA) is 68.5 Å². The summed E-state index contributed by atoms with van der Waals surface area (Å²) in [6, 6.07) is 21.0. The minimum absolute atomic E-state index is 0.0503. The number of hydrogen-bond donors (Lipinski definition) is 1. The number of fused-ring (bicyclic) bond motifs is 1. The normalized spacial score (nSPS) is 10.8. The van der Waals surface area contributed by atoms with Crippen molar-refractivity contribution >= 4 is 17.2 Å². The number of ether oxygens (including phenoxy) is 1. The fourth-order valence-corrected chi connectivity index (χ4v) is 2.98. The molecule has 6 heteroatoms. The Morgan fingerprint density at radius 2 is 1.93 bits per heavy atom. The summed E-state index contributed by atoms with van der Waals surface area (Å²) in [4.78, 5) is 12.3. The number of carbonyl (C=O) groups excluding carboxylic acids is 1. The van der Waals surface area contributed by atoms with E-state index in [1.54, 1.807) is 0 Å². The van der Waals surface area contributed by atoms with Crippen LogP contribution in [0.4, 0.5) is 5.69 Å². The number of hydrogen-bond acceptors (Lipinski definition) is 4. The largest absolute Gasteiger partial charge is 0.484 e. The van der Waals surface area contributed by atoms with E-state index in [4.69, 9.17) is 4.74 Å². The molecule has 28 heavy (non-hydrogen) atoms. The maximum Gasteiger partial charge on any atom is 0.262 e. The molecule has 140 valence electrons. The number of rotatable bonds is 6. The average Bonchev–Trinajstić information content (AvgIpc) is 3.17. The molecule has 0 aliphatic carbocycles. The van der Waals surface area contributed by atoms with Crippen LogP contribution in [0.2, 0.25) is 0 Å². The van der Waals surface area contributed by atoms with Crippen LogP contribution in [0, 0.1) is 0 Å². The molecular formula is C22H20N4O2. The highest BCUT2D eigenvalue weighted by Gasteiger charge is 2.09. The van der Waals surface area contributed by atoms with E-state index in [0.717, 1.165) is 23.5 Å². The van der Waals surface area contributed by atoms with Crippen molar-refractivity contribution in [1.29, 1.82) is 0 Å². The lowest BCUT2D eigenvalue weighted by Crippen LogP contribution is -2.20. The quantitative estimate of drug-likeness (QED) is 0.556. The summed E-state index contributed by atoms with van der Waals surface area (Å²) in [5.74, 6) is 1.20. The van der Waals surface area contributed by atoms with Crippen LogP contribution < -0.4 is 10.1 Å². The van der Waals surface area contributed by atoms with Crippen molar-refractivity contribution in [1.82, 2.24) is 14.6 Å². The lowest BCUT2D eigenvalue weighted by molar-refractivity contribution is -0.118. The number of anilines is 1. The molecule has 0 saturated carbocycles. The van der Waals surface area contributed by atoms with Crippen molar-refractivity contribution < 1.29 is 9.53 Å². The first kappa shape index (κ1) is 17.7. The fourth-order valence-electron chi connectivity index (χ4n) is 2.98. The Kier molecular flexibility index (Phi) is 5.01. The predicted octanol–water partition coefficient (Wildman–Crippen LogP) is 3.98. The Hall–Kier alpha value is -3.67. The van der Waals surface area contributed by atoms with Crippen LogP contribution in [0.25, 0.3) is 17.0 Å². The zero-order valence-corrected chi connectivity index (χ0v) is 15.5. The molecule has 1 N–H and O–H groups in total. The third-order valence-electron chi connectivity index (χ3n) is 4.39. The van der Waals surface area contributed by atoms with E-state index >= 15 is 0 Å². The first-order chi connectivity index (χ1) is 13.7. The summed E-state index contributed by atoms with van der Waals surface area (Å²) in [6.07, 6.45) is 2.84. The number of carbonyl (C=O) groups is 1. The summed E-state index contributed by atoms with van der Waals surface area (Å²) >= 11 is 0. The highest BCUT2D eigenvalue weighted by atomic mass is 16.5. The van der Waals surface area contributed by atoms with E-state index < -0.39 is 0 Å². The molecule has 4 aromatic rings. The van der Waals surface area contributed by atoms with Crippen molar-refractivity contribution in [3.8, 4) is 17.1 Å². The molecule has 0 radical (unpaired) electrons. The molecule has 0 bridgehead atoms. The van der Waals surface area contributed by atoms with Crippen molar-refractivity contribution in [2.24, 2.45) is 0 Å². The number of amides is 1. The average molecular weight is 372 g/mol. The van der Waals surface area contributed by atoms with Gasteiger partial charge in [0, 0.05) is 17.4 Å². The molecule has 2 aromatic heterocycles. The molecule has 0 saturated heterocycles. The number of pyridine rings is 1. The van der Waals surface area contributed by atoms with Crippen LogP contribution in [-0.2, 0) is 11.2 Å². The molecule has 0 unspecified atom stereocenters. The summed E-state index contributed by atoms with van der Waals surface area (Å²) in [5, 5.41) is 11.3. The lowest BCUT2D eigenvalue weighted by Gasteiger charge is -2.09. The van der Waals surface area contributed by atoms with Crippen LogP contribution >= 0.6 is 0 Å². The second kappa shape index (κ2) is 7.92. The number of aromatic nitrogens is 3. The molecular weight excluding hydrogens is 352 g/mol. The number of benzene rings is 2. The molecule has 0 aliphatic heterocycles. The molecule has 6 nitrogen and oxygen atoms in total. The second-order valence-electron chi connectivity index (χ2n) is 6.37. The number of nitrogens with one attached hydrogen (secondary N) is 1. The summed E-state index contributed by atoms with van der Waals surface area (Å²) in [7, 11) is 0. The van der Waals surface area contributed by atoms with Gasteiger partial charge in [0.2, 0.25) is 0 Å². The minimum Gasteiger partial charge on any atom is -0.484 e. The summed E-state index contributed by atoms with van der Waals surface area (Å²) in [6.45, 7) is 2.03. The van der Waals surface area contributed by atoms with E-state index in [1.165, 1.54) is 5.56 Å². The Morgan fingerprint density at radius 3 is 2.82 bits per heavy atom. The van der Waals surface area contributed by atoms with E-state index in [2.05, 4.69) is 22.4 Å². The molecule has 0 aliphatic rings. The van der Waals surface area contributed by atoms with Gasteiger partial charge in [-0.25, -0.2) is 0 Å². The van der Waals surface area contributed by atoms with Crippen molar-refractivity contribution in [2.45, 2.75) is 13.3 Å². The standard InChI is InChI=1S/C22H20N4O2/c1-2-16-7-5-10-19(13-16)28-15-21(27)23-18-9-6-8-17(14-18)22-25-24-20-11-3-4-12-26(20)22/h3-14H,2,15H2,1H3,(H,23,27). The zero-order chi connectivity index (χ0) is 19.3. The Balaban J connectivity index is 1.45. The fraction of sp³-hybridized carbons (Fsp3) is 0.136. The Morgan fingerprint density at radius 1 is 1.04 bits per heavy atom. The van der Waals surface area contributed by atoms with Crippen molar-refractivity contribution in [3.05, 3.63) is 78.5 Å². The van der Waals surface area contributed by atoms with Crippen molar-refractivity contribution in [2.75, 3.05) is 11.9 Å². The summed E-state index contributed by atoms with van der Waals surface area (Å²) in [5.41, 5.74) is 3.50. The monoisotopic (exact) mass is 372 g/mol. The van der Waals surface area contributed by atoms with Crippen molar-refractivity contribution in [3.63, 3.8) is 0 Å².